The minimum absolute atomic E-state index is 0.581. The smallest absolute Gasteiger partial charge is 0.137 e. The Morgan fingerprint density at radius 2 is 2.13 bits per heavy atom. The molecule has 1 aromatic heterocycles. The molecule has 0 fully saturated rings. The van der Waals surface area contributed by atoms with E-state index < -0.39 is 0 Å². The van der Waals surface area contributed by atoms with Gasteiger partial charge in [0.15, 0.2) is 0 Å². The molecule has 1 heterocycles. The highest BCUT2D eigenvalue weighted by Gasteiger charge is 1.97. The maximum atomic E-state index is 5.49. The monoisotopic (exact) mass is 210 g/mol. The predicted octanol–water partition coefficient (Wildman–Crippen LogP) is 1.17. The molecule has 0 saturated heterocycles. The highest BCUT2D eigenvalue weighted by molar-refractivity contribution is 5.22. The summed E-state index contributed by atoms with van der Waals surface area (Å²) < 4.78 is 10.6. The van der Waals surface area contributed by atoms with Crippen molar-refractivity contribution in [1.82, 2.24) is 9.88 Å². The van der Waals surface area contributed by atoms with Crippen LogP contribution in [-0.4, -0.2) is 44.2 Å². The molecule has 0 N–H and O–H groups in total. The van der Waals surface area contributed by atoms with Crippen molar-refractivity contribution >= 4 is 0 Å². The van der Waals surface area contributed by atoms with Gasteiger partial charge in [0.1, 0.15) is 5.75 Å². The lowest BCUT2D eigenvalue weighted by atomic mass is 10.3. The molecule has 0 atom stereocenters. The first-order chi connectivity index (χ1) is 7.22. The molecule has 0 saturated carbocycles. The van der Waals surface area contributed by atoms with Crippen LogP contribution in [0.2, 0.25) is 0 Å². The molecule has 0 aliphatic carbocycles. The zero-order chi connectivity index (χ0) is 11.1. The van der Waals surface area contributed by atoms with Crippen LogP contribution in [0.25, 0.3) is 0 Å². The van der Waals surface area contributed by atoms with Gasteiger partial charge < -0.3 is 14.4 Å². The minimum Gasteiger partial charge on any atom is -0.495 e. The highest BCUT2D eigenvalue weighted by atomic mass is 16.5. The molecule has 0 amide bonds. The number of pyridine rings is 1. The van der Waals surface area contributed by atoms with E-state index in [2.05, 4.69) is 9.88 Å². The van der Waals surface area contributed by atoms with Gasteiger partial charge in [0.25, 0.3) is 0 Å². The molecular formula is C11H18N2O2. The maximum Gasteiger partial charge on any atom is 0.137 e. The molecule has 0 aliphatic heterocycles. The lowest BCUT2D eigenvalue weighted by Crippen LogP contribution is -2.17. The number of ether oxygens (including phenoxy) is 2. The van der Waals surface area contributed by atoms with Crippen molar-refractivity contribution in [3.8, 4) is 5.75 Å². The van der Waals surface area contributed by atoms with Crippen LogP contribution in [0, 0.1) is 0 Å². The standard InChI is InChI=1S/C11H18N2O2/c1-13(2)4-5-15-9-10-6-11(14-3)8-12-7-10/h6-8H,4-5,9H2,1-3H3. The van der Waals surface area contributed by atoms with Gasteiger partial charge in [0, 0.05) is 12.7 Å². The van der Waals surface area contributed by atoms with Crippen molar-refractivity contribution in [2.75, 3.05) is 34.4 Å². The van der Waals surface area contributed by atoms with Crippen LogP contribution in [0.3, 0.4) is 0 Å². The Kier molecular flexibility index (Phi) is 5.07. The quantitative estimate of drug-likeness (QED) is 0.660. The van der Waals surface area contributed by atoms with Gasteiger partial charge in [-0.1, -0.05) is 0 Å². The number of hydrogen-bond acceptors (Lipinski definition) is 4. The van der Waals surface area contributed by atoms with Crippen LogP contribution in [0.4, 0.5) is 0 Å². The SMILES string of the molecule is COc1cncc(COCCN(C)C)c1. The molecule has 1 aromatic rings. The van der Waals surface area contributed by atoms with Gasteiger partial charge in [0.2, 0.25) is 0 Å². The topological polar surface area (TPSA) is 34.6 Å². The van der Waals surface area contributed by atoms with Gasteiger partial charge in [-0.3, -0.25) is 4.98 Å². The molecule has 0 aliphatic rings. The molecule has 15 heavy (non-hydrogen) atoms. The van der Waals surface area contributed by atoms with Crippen molar-refractivity contribution in [2.24, 2.45) is 0 Å². The second kappa shape index (κ2) is 6.37. The molecule has 0 bridgehead atoms. The Morgan fingerprint density at radius 3 is 2.80 bits per heavy atom. The van der Waals surface area contributed by atoms with E-state index in [9.17, 15) is 0 Å². The van der Waals surface area contributed by atoms with Crippen LogP contribution in [0.1, 0.15) is 5.56 Å². The van der Waals surface area contributed by atoms with Crippen molar-refractivity contribution in [2.45, 2.75) is 6.61 Å². The Hall–Kier alpha value is -1.13. The molecule has 0 unspecified atom stereocenters. The first-order valence-corrected chi connectivity index (χ1v) is 4.93. The van der Waals surface area contributed by atoms with Crippen molar-refractivity contribution in [3.05, 3.63) is 24.0 Å². The van der Waals surface area contributed by atoms with E-state index in [0.29, 0.717) is 6.61 Å². The van der Waals surface area contributed by atoms with Gasteiger partial charge in [-0.15, -0.1) is 0 Å². The number of methoxy groups -OCH3 is 1. The van der Waals surface area contributed by atoms with E-state index in [0.717, 1.165) is 24.5 Å². The van der Waals surface area contributed by atoms with Gasteiger partial charge in [0.05, 0.1) is 26.5 Å². The third-order valence-corrected chi connectivity index (χ3v) is 1.96. The molecular weight excluding hydrogens is 192 g/mol. The summed E-state index contributed by atoms with van der Waals surface area (Å²) in [5.74, 6) is 0.767. The summed E-state index contributed by atoms with van der Waals surface area (Å²) in [6.45, 7) is 2.24. The summed E-state index contributed by atoms with van der Waals surface area (Å²) in [6, 6.07) is 1.93. The van der Waals surface area contributed by atoms with E-state index in [-0.39, 0.29) is 0 Å². The fourth-order valence-electron chi connectivity index (χ4n) is 1.09. The zero-order valence-electron chi connectivity index (χ0n) is 9.56. The Morgan fingerprint density at radius 1 is 1.33 bits per heavy atom. The third kappa shape index (κ3) is 4.76. The van der Waals surface area contributed by atoms with Crippen molar-refractivity contribution in [3.63, 3.8) is 0 Å². The summed E-state index contributed by atoms with van der Waals surface area (Å²) in [4.78, 5) is 6.14. The van der Waals surface area contributed by atoms with Gasteiger partial charge in [-0.2, -0.15) is 0 Å². The molecule has 4 heteroatoms. The maximum absolute atomic E-state index is 5.49. The Bertz CT molecular complexity index is 290. The van der Waals surface area contributed by atoms with E-state index in [1.165, 1.54) is 0 Å². The van der Waals surface area contributed by atoms with Gasteiger partial charge >= 0.3 is 0 Å². The normalized spacial score (nSPS) is 10.7. The predicted molar refractivity (Wildman–Crippen MR) is 59.0 cm³/mol. The highest BCUT2D eigenvalue weighted by Crippen LogP contribution is 2.10. The number of hydrogen-bond donors (Lipinski definition) is 0. The number of nitrogens with zero attached hydrogens (tertiary/aromatic N) is 2. The Labute approximate surface area is 90.8 Å². The summed E-state index contributed by atoms with van der Waals surface area (Å²) in [5, 5.41) is 0. The second-order valence-electron chi connectivity index (χ2n) is 3.59. The largest absolute Gasteiger partial charge is 0.495 e. The third-order valence-electron chi connectivity index (χ3n) is 1.96. The molecule has 1 rings (SSSR count). The summed E-state index contributed by atoms with van der Waals surface area (Å²) in [5.41, 5.74) is 1.04. The fourth-order valence-corrected chi connectivity index (χ4v) is 1.09. The fraction of sp³-hybridized carbons (Fsp3) is 0.545. The van der Waals surface area contributed by atoms with Crippen LogP contribution in [-0.2, 0) is 11.3 Å². The number of likely N-dealkylation sites (N-methyl/N-ethyl adjacent to an activating group) is 1. The summed E-state index contributed by atoms with van der Waals surface area (Å²) in [6.07, 6.45) is 3.47. The molecule has 84 valence electrons. The molecule has 0 aromatic carbocycles. The van der Waals surface area contributed by atoms with Crippen molar-refractivity contribution in [1.29, 1.82) is 0 Å². The first kappa shape index (κ1) is 11.9. The lowest BCUT2D eigenvalue weighted by Gasteiger charge is -2.10. The number of aromatic nitrogens is 1. The van der Waals surface area contributed by atoms with Crippen LogP contribution in [0.15, 0.2) is 18.5 Å². The van der Waals surface area contributed by atoms with E-state index in [4.69, 9.17) is 9.47 Å². The van der Waals surface area contributed by atoms with Crippen LogP contribution in [0.5, 0.6) is 5.75 Å². The molecule has 4 nitrogen and oxygen atoms in total. The summed E-state index contributed by atoms with van der Waals surface area (Å²) >= 11 is 0. The second-order valence-corrected chi connectivity index (χ2v) is 3.59. The first-order valence-electron chi connectivity index (χ1n) is 4.93. The zero-order valence-corrected chi connectivity index (χ0v) is 9.56. The average Bonchev–Trinajstić information content (AvgIpc) is 2.24. The van der Waals surface area contributed by atoms with Gasteiger partial charge in [-0.25, -0.2) is 0 Å². The van der Waals surface area contributed by atoms with Crippen LogP contribution >= 0.6 is 0 Å². The number of rotatable bonds is 6. The summed E-state index contributed by atoms with van der Waals surface area (Å²) in [7, 11) is 5.68. The lowest BCUT2D eigenvalue weighted by molar-refractivity contribution is 0.105. The van der Waals surface area contributed by atoms with Crippen molar-refractivity contribution < 1.29 is 9.47 Å². The van der Waals surface area contributed by atoms with Crippen LogP contribution < -0.4 is 4.74 Å². The average molecular weight is 210 g/mol. The Balaban J connectivity index is 2.30. The van der Waals surface area contributed by atoms with E-state index in [1.54, 1.807) is 19.5 Å². The van der Waals surface area contributed by atoms with E-state index in [1.807, 2.05) is 20.2 Å². The van der Waals surface area contributed by atoms with Gasteiger partial charge in [-0.05, 0) is 25.7 Å². The minimum atomic E-state index is 0.581. The van der Waals surface area contributed by atoms with E-state index >= 15 is 0 Å². The molecule has 0 spiro atoms. The molecule has 0 radical (unpaired) electrons.